The second-order valence-corrected chi connectivity index (χ2v) is 3.55. The number of rotatable bonds is 4. The number of nitrogens with zero attached hydrogens (tertiary/aromatic N) is 1. The number of non-ortho nitro benzene ring substituents is 1. The predicted molar refractivity (Wildman–Crippen MR) is 54.4 cm³/mol. The van der Waals surface area contributed by atoms with Gasteiger partial charge in [0.05, 0.1) is 10.5 Å². The molecule has 0 bridgehead atoms. The summed E-state index contributed by atoms with van der Waals surface area (Å²) in [6.07, 6.45) is 0.199. The zero-order chi connectivity index (χ0) is 11.5. The summed E-state index contributed by atoms with van der Waals surface area (Å²) >= 11 is 0. The van der Waals surface area contributed by atoms with Gasteiger partial charge in [-0.2, -0.15) is 0 Å². The van der Waals surface area contributed by atoms with Gasteiger partial charge in [-0.3, -0.25) is 10.1 Å². The third-order valence-corrected chi connectivity index (χ3v) is 2.30. The van der Waals surface area contributed by atoms with Gasteiger partial charge in [0, 0.05) is 25.2 Å². The largest absolute Gasteiger partial charge is 0.396 e. The van der Waals surface area contributed by atoms with Crippen LogP contribution in [0, 0.1) is 10.1 Å². The number of benzene rings is 1. The van der Waals surface area contributed by atoms with E-state index in [1.54, 1.807) is 6.92 Å². The van der Waals surface area contributed by atoms with Gasteiger partial charge in [0.25, 0.3) is 5.69 Å². The molecule has 1 rings (SSSR count). The van der Waals surface area contributed by atoms with Gasteiger partial charge in [0.2, 0.25) is 0 Å². The van der Waals surface area contributed by atoms with Crippen LogP contribution in [0.15, 0.2) is 24.3 Å². The molecule has 0 aliphatic rings. The molecule has 2 N–H and O–H groups in total. The van der Waals surface area contributed by atoms with Crippen LogP contribution < -0.4 is 0 Å². The normalized spacial score (nSPS) is 14.6. The van der Waals surface area contributed by atoms with E-state index >= 15 is 0 Å². The van der Waals surface area contributed by atoms with Gasteiger partial charge in [-0.25, -0.2) is 0 Å². The van der Waals surface area contributed by atoms with Gasteiger partial charge in [0.15, 0.2) is 0 Å². The molecule has 82 valence electrons. The van der Waals surface area contributed by atoms with Crippen LogP contribution in [0.2, 0.25) is 0 Å². The molecule has 5 heteroatoms. The molecular formula is C10H13NO4. The number of hydrogen-bond acceptors (Lipinski definition) is 4. The van der Waals surface area contributed by atoms with E-state index in [0.29, 0.717) is 5.56 Å². The first kappa shape index (κ1) is 11.6. The molecule has 15 heavy (non-hydrogen) atoms. The Labute approximate surface area is 87.1 Å². The summed E-state index contributed by atoms with van der Waals surface area (Å²) in [4.78, 5) is 9.90. The number of aliphatic hydroxyl groups excluding tert-OH is 1. The van der Waals surface area contributed by atoms with Crippen LogP contribution in [0.5, 0.6) is 0 Å². The fourth-order valence-corrected chi connectivity index (χ4v) is 1.30. The molecule has 0 saturated heterocycles. The molecule has 0 aromatic heterocycles. The van der Waals surface area contributed by atoms with Crippen molar-refractivity contribution in [1.82, 2.24) is 0 Å². The van der Waals surface area contributed by atoms with Gasteiger partial charge in [-0.05, 0) is 24.6 Å². The molecule has 1 unspecified atom stereocenters. The first-order valence-electron chi connectivity index (χ1n) is 4.55. The maximum atomic E-state index is 10.4. The summed E-state index contributed by atoms with van der Waals surface area (Å²) in [6.45, 7) is 1.42. The average molecular weight is 211 g/mol. The van der Waals surface area contributed by atoms with Gasteiger partial charge in [0.1, 0.15) is 0 Å². The summed E-state index contributed by atoms with van der Waals surface area (Å²) in [5, 5.41) is 29.0. The maximum absolute atomic E-state index is 10.4. The summed E-state index contributed by atoms with van der Waals surface area (Å²) < 4.78 is 0. The van der Waals surface area contributed by atoms with Crippen molar-refractivity contribution in [2.75, 3.05) is 6.61 Å². The third-order valence-electron chi connectivity index (χ3n) is 2.30. The Morgan fingerprint density at radius 2 is 1.93 bits per heavy atom. The summed E-state index contributed by atoms with van der Waals surface area (Å²) in [7, 11) is 0. The van der Waals surface area contributed by atoms with Crippen molar-refractivity contribution < 1.29 is 15.1 Å². The maximum Gasteiger partial charge on any atom is 0.269 e. The summed E-state index contributed by atoms with van der Waals surface area (Å²) in [5.74, 6) is 0. The fraction of sp³-hybridized carbons (Fsp3) is 0.400. The highest BCUT2D eigenvalue weighted by atomic mass is 16.6. The average Bonchev–Trinajstić information content (AvgIpc) is 2.18. The summed E-state index contributed by atoms with van der Waals surface area (Å²) in [5.41, 5.74) is -0.607. The highest BCUT2D eigenvalue weighted by Gasteiger charge is 2.22. The Kier molecular flexibility index (Phi) is 3.39. The molecule has 0 radical (unpaired) electrons. The highest BCUT2D eigenvalue weighted by molar-refractivity contribution is 5.35. The van der Waals surface area contributed by atoms with Crippen LogP contribution in [0.3, 0.4) is 0 Å². The zero-order valence-corrected chi connectivity index (χ0v) is 8.38. The lowest BCUT2D eigenvalue weighted by Crippen LogP contribution is -2.22. The Bertz CT molecular complexity index is 345. The topological polar surface area (TPSA) is 83.6 Å². The number of nitro groups is 1. The monoisotopic (exact) mass is 211 g/mol. The number of aliphatic hydroxyl groups is 2. The molecule has 0 aliphatic carbocycles. The first-order valence-corrected chi connectivity index (χ1v) is 4.55. The number of nitro benzene ring substituents is 1. The molecule has 1 atom stereocenters. The standard InChI is InChI=1S/C10H13NO4/c1-10(13,6-7-12)8-2-4-9(5-3-8)11(14)15/h2-5,12-13H,6-7H2,1H3. The van der Waals surface area contributed by atoms with E-state index in [2.05, 4.69) is 0 Å². The van der Waals surface area contributed by atoms with Crippen LogP contribution in [-0.2, 0) is 5.60 Å². The van der Waals surface area contributed by atoms with Crippen LogP contribution in [0.25, 0.3) is 0 Å². The smallest absolute Gasteiger partial charge is 0.269 e. The second kappa shape index (κ2) is 4.37. The predicted octanol–water partition coefficient (Wildman–Crippen LogP) is 1.18. The quantitative estimate of drug-likeness (QED) is 0.578. The van der Waals surface area contributed by atoms with E-state index < -0.39 is 10.5 Å². The van der Waals surface area contributed by atoms with E-state index in [1.165, 1.54) is 24.3 Å². The van der Waals surface area contributed by atoms with Crippen LogP contribution in [0.4, 0.5) is 5.69 Å². The molecule has 0 aliphatic heterocycles. The first-order chi connectivity index (χ1) is 6.97. The van der Waals surface area contributed by atoms with E-state index in [-0.39, 0.29) is 18.7 Å². The molecule has 0 fully saturated rings. The van der Waals surface area contributed by atoms with Crippen molar-refractivity contribution in [2.24, 2.45) is 0 Å². The highest BCUT2D eigenvalue weighted by Crippen LogP contribution is 2.25. The van der Waals surface area contributed by atoms with Gasteiger partial charge >= 0.3 is 0 Å². The lowest BCUT2D eigenvalue weighted by atomic mass is 9.93. The van der Waals surface area contributed by atoms with Crippen molar-refractivity contribution in [2.45, 2.75) is 18.9 Å². The van der Waals surface area contributed by atoms with Crippen LogP contribution in [0.1, 0.15) is 18.9 Å². The van der Waals surface area contributed by atoms with Gasteiger partial charge < -0.3 is 10.2 Å². The van der Waals surface area contributed by atoms with E-state index in [9.17, 15) is 15.2 Å². The lowest BCUT2D eigenvalue weighted by molar-refractivity contribution is -0.384. The molecule has 1 aromatic rings. The Hall–Kier alpha value is -1.46. The lowest BCUT2D eigenvalue weighted by Gasteiger charge is -2.22. The van der Waals surface area contributed by atoms with Crippen molar-refractivity contribution >= 4 is 5.69 Å². The molecule has 5 nitrogen and oxygen atoms in total. The number of hydrogen-bond donors (Lipinski definition) is 2. The molecule has 0 spiro atoms. The molecule has 0 saturated carbocycles. The van der Waals surface area contributed by atoms with Gasteiger partial charge in [-0.1, -0.05) is 0 Å². The third kappa shape index (κ3) is 2.74. The molecular weight excluding hydrogens is 198 g/mol. The van der Waals surface area contributed by atoms with Crippen molar-refractivity contribution in [3.05, 3.63) is 39.9 Å². The Morgan fingerprint density at radius 3 is 2.33 bits per heavy atom. The second-order valence-electron chi connectivity index (χ2n) is 3.55. The molecule has 0 heterocycles. The van der Waals surface area contributed by atoms with E-state index in [0.717, 1.165) is 0 Å². The van der Waals surface area contributed by atoms with Crippen LogP contribution in [-0.4, -0.2) is 21.7 Å². The van der Waals surface area contributed by atoms with Gasteiger partial charge in [-0.15, -0.1) is 0 Å². The van der Waals surface area contributed by atoms with Crippen molar-refractivity contribution in [3.8, 4) is 0 Å². The van der Waals surface area contributed by atoms with Crippen molar-refractivity contribution in [1.29, 1.82) is 0 Å². The Balaban J connectivity index is 2.93. The van der Waals surface area contributed by atoms with E-state index in [1.807, 2.05) is 0 Å². The minimum Gasteiger partial charge on any atom is -0.396 e. The SMILES string of the molecule is CC(O)(CCO)c1ccc([N+](=O)[O-])cc1. The fourth-order valence-electron chi connectivity index (χ4n) is 1.30. The van der Waals surface area contributed by atoms with E-state index in [4.69, 9.17) is 5.11 Å². The minimum atomic E-state index is -1.15. The zero-order valence-electron chi connectivity index (χ0n) is 8.38. The summed E-state index contributed by atoms with van der Waals surface area (Å²) in [6, 6.07) is 5.66. The molecule has 1 aromatic carbocycles. The van der Waals surface area contributed by atoms with Crippen LogP contribution >= 0.6 is 0 Å². The Morgan fingerprint density at radius 1 is 1.40 bits per heavy atom. The van der Waals surface area contributed by atoms with Crippen molar-refractivity contribution in [3.63, 3.8) is 0 Å². The molecule has 0 amide bonds. The minimum absolute atomic E-state index is 0.0152.